The van der Waals surface area contributed by atoms with Crippen molar-refractivity contribution in [3.63, 3.8) is 0 Å². The summed E-state index contributed by atoms with van der Waals surface area (Å²) in [5, 5.41) is 3.90. The van der Waals surface area contributed by atoms with Gasteiger partial charge in [0.15, 0.2) is 0 Å². The smallest absolute Gasteiger partial charge is 0.317 e. The highest BCUT2D eigenvalue weighted by atomic mass is 35.5. The summed E-state index contributed by atoms with van der Waals surface area (Å²) in [5.74, 6) is 0. The second-order valence-corrected chi connectivity index (χ2v) is 6.79. The van der Waals surface area contributed by atoms with E-state index in [-0.39, 0.29) is 12.1 Å². The zero-order valence-corrected chi connectivity index (χ0v) is 14.8. The number of amides is 2. The summed E-state index contributed by atoms with van der Waals surface area (Å²) in [6, 6.07) is 8.08. The predicted octanol–water partition coefficient (Wildman–Crippen LogP) is 2.91. The Hall–Kier alpha value is -1.72. The highest BCUT2D eigenvalue weighted by Gasteiger charge is 2.26. The minimum absolute atomic E-state index is 0.0284. The fraction of sp³-hybridized carbons (Fsp3) is 0.500. The average Bonchev–Trinajstić information content (AvgIpc) is 3.04. The first-order valence-corrected chi connectivity index (χ1v) is 8.76. The summed E-state index contributed by atoms with van der Waals surface area (Å²) in [6.45, 7) is 3.83. The van der Waals surface area contributed by atoms with E-state index in [0.717, 1.165) is 43.2 Å². The number of methoxy groups -OCH3 is 1. The second-order valence-electron chi connectivity index (χ2n) is 6.35. The Balaban J connectivity index is 1.50. The van der Waals surface area contributed by atoms with Crippen LogP contribution >= 0.6 is 11.6 Å². The first-order valence-electron chi connectivity index (χ1n) is 8.38. The molecule has 1 fully saturated rings. The Morgan fingerprint density at radius 2 is 2.29 bits per heavy atom. The molecule has 2 amide bonds. The molecule has 24 heavy (non-hydrogen) atoms. The van der Waals surface area contributed by atoms with Crippen LogP contribution in [0.1, 0.15) is 12.8 Å². The molecule has 1 saturated heterocycles. The lowest BCUT2D eigenvalue weighted by atomic mass is 10.1. The molecule has 0 bridgehead atoms. The van der Waals surface area contributed by atoms with Crippen molar-refractivity contribution in [2.24, 2.45) is 0 Å². The van der Waals surface area contributed by atoms with E-state index < -0.39 is 0 Å². The van der Waals surface area contributed by atoms with E-state index in [1.54, 1.807) is 7.11 Å². The summed E-state index contributed by atoms with van der Waals surface area (Å²) < 4.78 is 5.14. The number of nitrogens with zero attached hydrogens (tertiary/aromatic N) is 2. The summed E-state index contributed by atoms with van der Waals surface area (Å²) in [6.07, 6.45) is 3.94. The van der Waals surface area contributed by atoms with E-state index in [2.05, 4.69) is 22.4 Å². The van der Waals surface area contributed by atoms with Crippen LogP contribution in [0.15, 0.2) is 35.9 Å². The zero-order valence-electron chi connectivity index (χ0n) is 14.0. The van der Waals surface area contributed by atoms with Gasteiger partial charge in [0.25, 0.3) is 0 Å². The molecule has 5 nitrogen and oxygen atoms in total. The number of nitrogens with one attached hydrogen (secondary N) is 1. The fourth-order valence-corrected chi connectivity index (χ4v) is 3.45. The van der Waals surface area contributed by atoms with Gasteiger partial charge in [-0.1, -0.05) is 23.7 Å². The summed E-state index contributed by atoms with van der Waals surface area (Å²) >= 11 is 6.06. The van der Waals surface area contributed by atoms with E-state index in [9.17, 15) is 4.79 Å². The average molecular weight is 350 g/mol. The van der Waals surface area contributed by atoms with Crippen LogP contribution < -0.4 is 10.2 Å². The molecule has 0 aliphatic carbocycles. The monoisotopic (exact) mass is 349 g/mol. The number of urea groups is 1. The highest BCUT2D eigenvalue weighted by molar-refractivity contribution is 6.30. The number of hydrogen-bond acceptors (Lipinski definition) is 3. The van der Waals surface area contributed by atoms with Gasteiger partial charge in [-0.15, -0.1) is 0 Å². The molecule has 0 unspecified atom stereocenters. The molecular formula is C18H24ClN3O2. The van der Waals surface area contributed by atoms with Crippen molar-refractivity contribution in [2.45, 2.75) is 18.9 Å². The molecular weight excluding hydrogens is 326 g/mol. The molecule has 1 N–H and O–H groups in total. The standard InChI is InChI=1S/C18H24ClN3O2/c1-24-13-14-5-8-21(9-6-14)18(23)20-16-7-10-22(12-16)17-4-2-3-15(19)11-17/h2-5,11,16H,6-10,12-13H2,1H3,(H,20,23)/t16-/m0/s1. The lowest BCUT2D eigenvalue weighted by Crippen LogP contribution is -2.47. The molecule has 2 aliphatic rings. The van der Waals surface area contributed by atoms with Crippen LogP contribution in [0.25, 0.3) is 0 Å². The van der Waals surface area contributed by atoms with Crippen LogP contribution in [0, 0.1) is 0 Å². The third-order valence-electron chi connectivity index (χ3n) is 4.61. The van der Waals surface area contributed by atoms with Crippen LogP contribution in [0.2, 0.25) is 5.02 Å². The normalized spacial score (nSPS) is 20.9. The van der Waals surface area contributed by atoms with Crippen molar-refractivity contribution >= 4 is 23.3 Å². The van der Waals surface area contributed by atoms with Crippen molar-refractivity contribution in [1.82, 2.24) is 10.2 Å². The van der Waals surface area contributed by atoms with Gasteiger partial charge in [0, 0.05) is 50.0 Å². The maximum Gasteiger partial charge on any atom is 0.317 e. The molecule has 0 saturated carbocycles. The van der Waals surface area contributed by atoms with Gasteiger partial charge in [-0.3, -0.25) is 0 Å². The first-order chi connectivity index (χ1) is 11.7. The van der Waals surface area contributed by atoms with Gasteiger partial charge in [-0.25, -0.2) is 4.79 Å². The van der Waals surface area contributed by atoms with Crippen LogP contribution in [-0.4, -0.2) is 56.9 Å². The third-order valence-corrected chi connectivity index (χ3v) is 4.84. The van der Waals surface area contributed by atoms with Gasteiger partial charge >= 0.3 is 6.03 Å². The molecule has 0 spiro atoms. The van der Waals surface area contributed by atoms with Crippen molar-refractivity contribution in [3.8, 4) is 0 Å². The number of halogens is 1. The molecule has 2 heterocycles. The number of rotatable bonds is 4. The minimum atomic E-state index is 0.0284. The maximum atomic E-state index is 12.4. The van der Waals surface area contributed by atoms with E-state index in [4.69, 9.17) is 16.3 Å². The van der Waals surface area contributed by atoms with Crippen molar-refractivity contribution in [3.05, 3.63) is 40.9 Å². The SMILES string of the molecule is COCC1=CCN(C(=O)N[C@H]2CCN(c3cccc(Cl)c3)C2)CC1. The molecule has 1 atom stereocenters. The lowest BCUT2D eigenvalue weighted by molar-refractivity contribution is 0.191. The molecule has 0 radical (unpaired) electrons. The Morgan fingerprint density at radius 1 is 1.42 bits per heavy atom. The third kappa shape index (κ3) is 4.22. The van der Waals surface area contributed by atoms with Crippen LogP contribution in [0.5, 0.6) is 0 Å². The molecule has 1 aromatic carbocycles. The van der Waals surface area contributed by atoms with E-state index >= 15 is 0 Å². The van der Waals surface area contributed by atoms with Crippen LogP contribution in [0.4, 0.5) is 10.5 Å². The zero-order chi connectivity index (χ0) is 16.9. The predicted molar refractivity (Wildman–Crippen MR) is 96.8 cm³/mol. The molecule has 3 rings (SSSR count). The van der Waals surface area contributed by atoms with E-state index in [1.165, 1.54) is 5.57 Å². The number of benzene rings is 1. The summed E-state index contributed by atoms with van der Waals surface area (Å²) in [5.41, 5.74) is 2.39. The van der Waals surface area contributed by atoms with Crippen molar-refractivity contribution in [1.29, 1.82) is 0 Å². The Morgan fingerprint density at radius 3 is 3.00 bits per heavy atom. The van der Waals surface area contributed by atoms with Crippen molar-refractivity contribution < 1.29 is 9.53 Å². The van der Waals surface area contributed by atoms with E-state index in [1.807, 2.05) is 23.1 Å². The first kappa shape index (κ1) is 17.1. The number of carbonyl (C=O) groups is 1. The molecule has 6 heteroatoms. The Kier molecular flexibility index (Phi) is 5.63. The number of anilines is 1. The molecule has 1 aromatic rings. The topological polar surface area (TPSA) is 44.8 Å². The van der Waals surface area contributed by atoms with Gasteiger partial charge in [0.1, 0.15) is 0 Å². The van der Waals surface area contributed by atoms with Gasteiger partial charge in [-0.05, 0) is 36.6 Å². The number of carbonyl (C=O) groups excluding carboxylic acids is 1. The minimum Gasteiger partial charge on any atom is -0.380 e. The summed E-state index contributed by atoms with van der Waals surface area (Å²) in [4.78, 5) is 16.6. The van der Waals surface area contributed by atoms with E-state index in [0.29, 0.717) is 13.2 Å². The highest BCUT2D eigenvalue weighted by Crippen LogP contribution is 2.23. The molecule has 2 aliphatic heterocycles. The fourth-order valence-electron chi connectivity index (χ4n) is 3.26. The second kappa shape index (κ2) is 7.90. The van der Waals surface area contributed by atoms with Gasteiger partial charge in [-0.2, -0.15) is 0 Å². The number of ether oxygens (including phenoxy) is 1. The van der Waals surface area contributed by atoms with Gasteiger partial charge < -0.3 is 19.9 Å². The largest absolute Gasteiger partial charge is 0.380 e. The maximum absolute atomic E-state index is 12.4. The summed E-state index contributed by atoms with van der Waals surface area (Å²) in [7, 11) is 1.70. The van der Waals surface area contributed by atoms with Gasteiger partial charge in [0.05, 0.1) is 6.61 Å². The van der Waals surface area contributed by atoms with Gasteiger partial charge in [0.2, 0.25) is 0 Å². The van der Waals surface area contributed by atoms with Crippen LogP contribution in [-0.2, 0) is 4.74 Å². The van der Waals surface area contributed by atoms with Crippen molar-refractivity contribution in [2.75, 3.05) is 44.8 Å². The lowest BCUT2D eigenvalue weighted by Gasteiger charge is -2.28. The molecule has 0 aromatic heterocycles. The number of hydrogen-bond donors (Lipinski definition) is 1. The van der Waals surface area contributed by atoms with Crippen LogP contribution in [0.3, 0.4) is 0 Å². The Labute approximate surface area is 148 Å². The Bertz CT molecular complexity index is 620. The quantitative estimate of drug-likeness (QED) is 0.850. The molecule has 130 valence electrons.